The van der Waals surface area contributed by atoms with Crippen LogP contribution in [0.4, 0.5) is 0 Å². The monoisotopic (exact) mass is 282 g/mol. The lowest BCUT2D eigenvalue weighted by Gasteiger charge is -2.16. The van der Waals surface area contributed by atoms with E-state index in [1.54, 1.807) is 19.3 Å². The number of furan rings is 1. The van der Waals surface area contributed by atoms with Crippen molar-refractivity contribution in [3.8, 4) is 0 Å². The maximum atomic E-state index is 12.2. The molecular weight excluding hydrogens is 268 g/mol. The number of amides is 1. The first-order chi connectivity index (χ1) is 10.2. The zero-order chi connectivity index (χ0) is 14.7. The average molecular weight is 282 g/mol. The molecule has 1 aromatic carbocycles. The van der Waals surface area contributed by atoms with Gasteiger partial charge in [0.15, 0.2) is 0 Å². The van der Waals surface area contributed by atoms with E-state index in [0.29, 0.717) is 11.6 Å². The lowest BCUT2D eigenvalue weighted by atomic mass is 10.0. The molecule has 0 aliphatic rings. The summed E-state index contributed by atoms with van der Waals surface area (Å²) in [4.78, 5) is 16.3. The molecule has 0 radical (unpaired) electrons. The highest BCUT2D eigenvalue weighted by Gasteiger charge is 2.21. The summed E-state index contributed by atoms with van der Waals surface area (Å²) in [7, 11) is 0. The Balaban J connectivity index is 1.88. The first kappa shape index (κ1) is 13.1. The minimum Gasteiger partial charge on any atom is -0.467 e. The Hall–Kier alpha value is -2.89. The van der Waals surface area contributed by atoms with Crippen molar-refractivity contribution in [3.63, 3.8) is 0 Å². The zero-order valence-electron chi connectivity index (χ0n) is 11.4. The summed E-state index contributed by atoms with van der Waals surface area (Å²) in [5.41, 5.74) is 0.924. The summed E-state index contributed by atoms with van der Waals surface area (Å²) in [6.07, 6.45) is 1.58. The number of benzene rings is 1. The predicted molar refractivity (Wildman–Crippen MR) is 75.6 cm³/mol. The first-order valence-corrected chi connectivity index (χ1v) is 6.52. The molecule has 0 aliphatic carbocycles. The number of rotatable bonds is 4. The third-order valence-electron chi connectivity index (χ3n) is 3.04. The zero-order valence-corrected chi connectivity index (χ0v) is 11.4. The van der Waals surface area contributed by atoms with E-state index in [1.165, 1.54) is 0 Å². The quantitative estimate of drug-likeness (QED) is 0.768. The van der Waals surface area contributed by atoms with Crippen molar-refractivity contribution in [2.24, 2.45) is 0 Å². The number of aromatic amines is 1. The van der Waals surface area contributed by atoms with Crippen LogP contribution in [-0.4, -0.2) is 21.1 Å². The summed E-state index contributed by atoms with van der Waals surface area (Å²) >= 11 is 0. The standard InChI is InChI=1S/C15H14N4O2/c1-10-16-14(19-18-10)15(20)17-13(12-8-5-9-21-12)11-6-3-2-4-7-11/h2-9,13H,1H3,(H,17,20)(H,16,18,19). The number of aromatic nitrogens is 3. The highest BCUT2D eigenvalue weighted by Crippen LogP contribution is 2.22. The van der Waals surface area contributed by atoms with Gasteiger partial charge in [-0.05, 0) is 24.6 Å². The van der Waals surface area contributed by atoms with Crippen molar-refractivity contribution < 1.29 is 9.21 Å². The fourth-order valence-corrected chi connectivity index (χ4v) is 2.06. The molecule has 6 nitrogen and oxygen atoms in total. The molecule has 1 atom stereocenters. The Morgan fingerprint density at radius 2 is 2.05 bits per heavy atom. The Labute approximate surface area is 121 Å². The molecule has 0 saturated carbocycles. The molecule has 2 heterocycles. The Bertz CT molecular complexity index is 719. The van der Waals surface area contributed by atoms with Gasteiger partial charge in [0, 0.05) is 0 Å². The normalized spacial score (nSPS) is 12.0. The molecule has 3 rings (SSSR count). The van der Waals surface area contributed by atoms with Crippen LogP contribution in [0, 0.1) is 6.92 Å². The molecule has 0 bridgehead atoms. The van der Waals surface area contributed by atoms with Crippen LogP contribution in [0.5, 0.6) is 0 Å². The van der Waals surface area contributed by atoms with Crippen molar-refractivity contribution in [2.45, 2.75) is 13.0 Å². The van der Waals surface area contributed by atoms with Crippen LogP contribution < -0.4 is 5.32 Å². The molecule has 106 valence electrons. The summed E-state index contributed by atoms with van der Waals surface area (Å²) in [6, 6.07) is 12.8. The van der Waals surface area contributed by atoms with Gasteiger partial charge < -0.3 is 9.73 Å². The van der Waals surface area contributed by atoms with Crippen LogP contribution in [0.2, 0.25) is 0 Å². The van der Waals surface area contributed by atoms with Crippen molar-refractivity contribution in [2.75, 3.05) is 0 Å². The summed E-state index contributed by atoms with van der Waals surface area (Å²) < 4.78 is 5.43. The molecule has 0 fully saturated rings. The first-order valence-electron chi connectivity index (χ1n) is 6.52. The van der Waals surface area contributed by atoms with Crippen LogP contribution in [0.1, 0.15) is 33.8 Å². The van der Waals surface area contributed by atoms with Gasteiger partial charge in [-0.25, -0.2) is 4.98 Å². The van der Waals surface area contributed by atoms with E-state index in [-0.39, 0.29) is 17.8 Å². The van der Waals surface area contributed by atoms with E-state index in [1.807, 2.05) is 36.4 Å². The fourth-order valence-electron chi connectivity index (χ4n) is 2.06. The van der Waals surface area contributed by atoms with E-state index in [4.69, 9.17) is 4.42 Å². The molecule has 6 heteroatoms. The predicted octanol–water partition coefficient (Wildman–Crippen LogP) is 2.23. The van der Waals surface area contributed by atoms with E-state index < -0.39 is 0 Å². The number of nitrogens with one attached hydrogen (secondary N) is 2. The Morgan fingerprint density at radius 3 is 2.67 bits per heavy atom. The van der Waals surface area contributed by atoms with Gasteiger partial charge in [-0.2, -0.15) is 0 Å². The third-order valence-corrected chi connectivity index (χ3v) is 3.04. The molecule has 0 aliphatic heterocycles. The maximum absolute atomic E-state index is 12.2. The molecule has 0 spiro atoms. The minimum atomic E-state index is -0.382. The van der Waals surface area contributed by atoms with E-state index in [9.17, 15) is 4.79 Å². The second-order valence-corrected chi connectivity index (χ2v) is 4.58. The van der Waals surface area contributed by atoms with Crippen molar-refractivity contribution >= 4 is 5.91 Å². The molecule has 1 unspecified atom stereocenters. The molecular formula is C15H14N4O2. The van der Waals surface area contributed by atoms with Gasteiger partial charge in [0.1, 0.15) is 17.6 Å². The van der Waals surface area contributed by atoms with Gasteiger partial charge in [-0.15, -0.1) is 5.10 Å². The van der Waals surface area contributed by atoms with Crippen LogP contribution in [0.3, 0.4) is 0 Å². The van der Waals surface area contributed by atoms with Gasteiger partial charge in [0.25, 0.3) is 5.91 Å². The fraction of sp³-hybridized carbons (Fsp3) is 0.133. The largest absolute Gasteiger partial charge is 0.467 e. The van der Waals surface area contributed by atoms with Crippen LogP contribution in [0.25, 0.3) is 0 Å². The smallest absolute Gasteiger partial charge is 0.291 e. The minimum absolute atomic E-state index is 0.111. The molecule has 1 amide bonds. The van der Waals surface area contributed by atoms with Gasteiger partial charge in [0.05, 0.1) is 6.26 Å². The number of hydrogen-bond donors (Lipinski definition) is 2. The Kier molecular flexibility index (Phi) is 3.51. The SMILES string of the molecule is Cc1nc(C(=O)NC(c2ccccc2)c2ccco2)n[nH]1. The number of nitrogens with zero attached hydrogens (tertiary/aromatic N) is 2. The number of H-pyrrole nitrogens is 1. The van der Waals surface area contributed by atoms with Gasteiger partial charge in [0.2, 0.25) is 5.82 Å². The van der Waals surface area contributed by atoms with E-state index in [0.717, 1.165) is 5.56 Å². The maximum Gasteiger partial charge on any atom is 0.291 e. The van der Waals surface area contributed by atoms with Crippen LogP contribution >= 0.6 is 0 Å². The third kappa shape index (κ3) is 2.84. The van der Waals surface area contributed by atoms with Gasteiger partial charge in [-0.1, -0.05) is 30.3 Å². The highest BCUT2D eigenvalue weighted by atomic mass is 16.3. The average Bonchev–Trinajstić information content (AvgIpc) is 3.17. The summed E-state index contributed by atoms with van der Waals surface area (Å²) in [6.45, 7) is 1.74. The molecule has 3 aromatic rings. The number of aryl methyl sites for hydroxylation is 1. The lowest BCUT2D eigenvalue weighted by Crippen LogP contribution is -2.30. The molecule has 0 saturated heterocycles. The highest BCUT2D eigenvalue weighted by molar-refractivity contribution is 5.90. The van der Waals surface area contributed by atoms with Gasteiger partial charge in [-0.3, -0.25) is 9.89 Å². The van der Waals surface area contributed by atoms with Crippen LogP contribution in [0.15, 0.2) is 53.1 Å². The van der Waals surface area contributed by atoms with Gasteiger partial charge >= 0.3 is 0 Å². The van der Waals surface area contributed by atoms with Crippen molar-refractivity contribution in [1.82, 2.24) is 20.5 Å². The topological polar surface area (TPSA) is 83.8 Å². The number of hydrogen-bond acceptors (Lipinski definition) is 4. The molecule has 2 aromatic heterocycles. The second-order valence-electron chi connectivity index (χ2n) is 4.58. The number of carbonyl (C=O) groups excluding carboxylic acids is 1. The molecule has 21 heavy (non-hydrogen) atoms. The number of carbonyl (C=O) groups is 1. The Morgan fingerprint density at radius 1 is 1.24 bits per heavy atom. The summed E-state index contributed by atoms with van der Waals surface area (Å²) in [5.74, 6) is 1.00. The van der Waals surface area contributed by atoms with E-state index in [2.05, 4.69) is 20.5 Å². The van der Waals surface area contributed by atoms with Crippen LogP contribution in [-0.2, 0) is 0 Å². The van der Waals surface area contributed by atoms with E-state index >= 15 is 0 Å². The molecule has 2 N–H and O–H groups in total. The second kappa shape index (κ2) is 5.62. The van der Waals surface area contributed by atoms with Crippen molar-refractivity contribution in [1.29, 1.82) is 0 Å². The van der Waals surface area contributed by atoms with Crippen molar-refractivity contribution in [3.05, 3.63) is 71.7 Å². The summed E-state index contributed by atoms with van der Waals surface area (Å²) in [5, 5.41) is 9.40. The lowest BCUT2D eigenvalue weighted by molar-refractivity contribution is 0.0929.